The molecule has 2 N–H and O–H groups in total. The van der Waals surface area contributed by atoms with E-state index in [4.69, 9.17) is 9.47 Å². The molecular formula is C20H32F2N4O3. The van der Waals surface area contributed by atoms with Crippen LogP contribution >= 0.6 is 0 Å². The zero-order chi connectivity index (χ0) is 21.2. The van der Waals surface area contributed by atoms with Crippen molar-refractivity contribution >= 4 is 5.96 Å². The van der Waals surface area contributed by atoms with Crippen molar-refractivity contribution in [1.29, 1.82) is 0 Å². The molecule has 2 rings (SSSR count). The molecule has 1 heterocycles. The van der Waals surface area contributed by atoms with Crippen LogP contribution in [0.1, 0.15) is 26.3 Å². The largest absolute Gasteiger partial charge is 0.497 e. The summed E-state index contributed by atoms with van der Waals surface area (Å²) < 4.78 is 40.7. The van der Waals surface area contributed by atoms with Crippen molar-refractivity contribution in [2.45, 2.75) is 46.0 Å². The Labute approximate surface area is 171 Å². The van der Waals surface area contributed by atoms with E-state index < -0.39 is 6.61 Å². The molecule has 1 saturated heterocycles. The van der Waals surface area contributed by atoms with Gasteiger partial charge in [-0.1, -0.05) is 0 Å². The topological polar surface area (TPSA) is 67.4 Å². The molecule has 1 fully saturated rings. The molecule has 29 heavy (non-hydrogen) atoms. The molecule has 164 valence electrons. The van der Waals surface area contributed by atoms with Gasteiger partial charge in [0.1, 0.15) is 11.5 Å². The third-order valence-electron chi connectivity index (χ3n) is 4.79. The number of alkyl halides is 2. The second kappa shape index (κ2) is 11.8. The van der Waals surface area contributed by atoms with Crippen molar-refractivity contribution in [3.63, 3.8) is 0 Å². The number of guanidine groups is 1. The van der Waals surface area contributed by atoms with Crippen molar-refractivity contribution in [2.24, 2.45) is 4.99 Å². The van der Waals surface area contributed by atoms with E-state index in [2.05, 4.69) is 39.1 Å². The van der Waals surface area contributed by atoms with Crippen molar-refractivity contribution in [2.75, 3.05) is 40.0 Å². The predicted molar refractivity (Wildman–Crippen MR) is 109 cm³/mol. The predicted octanol–water partition coefficient (Wildman–Crippen LogP) is 2.46. The van der Waals surface area contributed by atoms with Crippen molar-refractivity contribution < 1.29 is 23.0 Å². The fraction of sp³-hybridized carbons (Fsp3) is 0.650. The van der Waals surface area contributed by atoms with Crippen LogP contribution in [0.5, 0.6) is 11.5 Å². The Morgan fingerprint density at radius 2 is 2.17 bits per heavy atom. The van der Waals surface area contributed by atoms with Gasteiger partial charge in [-0.2, -0.15) is 8.78 Å². The van der Waals surface area contributed by atoms with Crippen LogP contribution in [0.25, 0.3) is 0 Å². The molecule has 1 aliphatic rings. The van der Waals surface area contributed by atoms with Crippen LogP contribution in [-0.2, 0) is 11.3 Å². The number of methoxy groups -OCH3 is 1. The van der Waals surface area contributed by atoms with Crippen LogP contribution in [0, 0.1) is 0 Å². The number of hydrogen-bond donors (Lipinski definition) is 2. The highest BCUT2D eigenvalue weighted by Gasteiger charge is 2.23. The number of hydrogen-bond acceptors (Lipinski definition) is 5. The number of nitrogens with zero attached hydrogens (tertiary/aromatic N) is 2. The average Bonchev–Trinajstić information content (AvgIpc) is 2.70. The molecule has 0 aromatic heterocycles. The summed E-state index contributed by atoms with van der Waals surface area (Å²) in [5, 5.41) is 6.52. The second-order valence-electron chi connectivity index (χ2n) is 6.94. The van der Waals surface area contributed by atoms with Gasteiger partial charge in [-0.15, -0.1) is 0 Å². The molecule has 7 nitrogen and oxygen atoms in total. The van der Waals surface area contributed by atoms with Gasteiger partial charge < -0.3 is 24.8 Å². The molecular weight excluding hydrogens is 382 g/mol. The van der Waals surface area contributed by atoms with Gasteiger partial charge in [-0.3, -0.25) is 4.90 Å². The highest BCUT2D eigenvalue weighted by atomic mass is 19.3. The summed E-state index contributed by atoms with van der Waals surface area (Å²) in [5.74, 6) is 1.27. The smallest absolute Gasteiger partial charge is 0.387 e. The Kier molecular flexibility index (Phi) is 9.40. The minimum atomic E-state index is -2.89. The number of nitrogens with one attached hydrogen (secondary N) is 2. The monoisotopic (exact) mass is 414 g/mol. The maximum Gasteiger partial charge on any atom is 0.387 e. The SMILES string of the molecule is CCNC(=NCc1cc(OC)ccc1OC(F)F)NCC(C)N1CCOCC1C. The van der Waals surface area contributed by atoms with Gasteiger partial charge in [0.15, 0.2) is 5.96 Å². The first-order valence-corrected chi connectivity index (χ1v) is 9.92. The van der Waals surface area contributed by atoms with E-state index in [1.165, 1.54) is 13.2 Å². The molecule has 9 heteroatoms. The molecule has 0 amide bonds. The van der Waals surface area contributed by atoms with Crippen LogP contribution in [0.4, 0.5) is 8.78 Å². The van der Waals surface area contributed by atoms with Gasteiger partial charge in [-0.25, -0.2) is 4.99 Å². The number of aliphatic imine (C=N–C) groups is 1. The summed E-state index contributed by atoms with van der Waals surface area (Å²) in [7, 11) is 1.52. The number of rotatable bonds is 9. The molecule has 0 spiro atoms. The van der Waals surface area contributed by atoms with E-state index in [-0.39, 0.29) is 12.3 Å². The number of halogens is 2. The fourth-order valence-corrected chi connectivity index (χ4v) is 3.28. The maximum atomic E-state index is 12.7. The van der Waals surface area contributed by atoms with Gasteiger partial charge in [0.05, 0.1) is 26.9 Å². The third-order valence-corrected chi connectivity index (χ3v) is 4.79. The Balaban J connectivity index is 2.04. The first-order chi connectivity index (χ1) is 13.9. The molecule has 0 bridgehead atoms. The molecule has 0 radical (unpaired) electrons. The lowest BCUT2D eigenvalue weighted by molar-refractivity contribution is -0.0504. The molecule has 2 unspecified atom stereocenters. The standard InChI is InChI=1S/C20H32F2N4O3/c1-5-23-20(24-11-14(2)26-8-9-28-13-15(26)3)25-12-16-10-17(27-4)6-7-18(16)29-19(21)22/h6-7,10,14-15,19H,5,8-9,11-13H2,1-4H3,(H2,23,24,25). The lowest BCUT2D eigenvalue weighted by atomic mass is 10.2. The van der Waals surface area contributed by atoms with E-state index >= 15 is 0 Å². The highest BCUT2D eigenvalue weighted by Crippen LogP contribution is 2.26. The quantitative estimate of drug-likeness (QED) is 0.478. The Morgan fingerprint density at radius 1 is 1.38 bits per heavy atom. The summed E-state index contributed by atoms with van der Waals surface area (Å²) >= 11 is 0. The normalized spacial score (nSPS) is 19.1. The number of benzene rings is 1. The summed E-state index contributed by atoms with van der Waals surface area (Å²) in [6.07, 6.45) is 0. The van der Waals surface area contributed by atoms with Gasteiger partial charge >= 0.3 is 6.61 Å². The fourth-order valence-electron chi connectivity index (χ4n) is 3.28. The van der Waals surface area contributed by atoms with Crippen molar-refractivity contribution in [3.8, 4) is 11.5 Å². The van der Waals surface area contributed by atoms with Gasteiger partial charge in [0.2, 0.25) is 0 Å². The Morgan fingerprint density at radius 3 is 2.83 bits per heavy atom. The van der Waals surface area contributed by atoms with E-state index in [1.807, 2.05) is 6.92 Å². The Hall–Kier alpha value is -2.13. The van der Waals surface area contributed by atoms with E-state index in [9.17, 15) is 8.78 Å². The average molecular weight is 414 g/mol. The van der Waals surface area contributed by atoms with Crippen LogP contribution < -0.4 is 20.1 Å². The van der Waals surface area contributed by atoms with Gasteiger partial charge in [0.25, 0.3) is 0 Å². The zero-order valence-corrected chi connectivity index (χ0v) is 17.6. The summed E-state index contributed by atoms with van der Waals surface area (Å²) in [4.78, 5) is 6.93. The van der Waals surface area contributed by atoms with Crippen LogP contribution in [0.2, 0.25) is 0 Å². The van der Waals surface area contributed by atoms with Crippen molar-refractivity contribution in [3.05, 3.63) is 23.8 Å². The second-order valence-corrected chi connectivity index (χ2v) is 6.94. The minimum absolute atomic E-state index is 0.0934. The van der Waals surface area contributed by atoms with E-state index in [0.29, 0.717) is 42.4 Å². The van der Waals surface area contributed by atoms with Crippen LogP contribution in [0.15, 0.2) is 23.2 Å². The molecule has 1 aromatic rings. The maximum absolute atomic E-state index is 12.7. The summed E-state index contributed by atoms with van der Waals surface area (Å²) in [6, 6.07) is 5.37. The van der Waals surface area contributed by atoms with Gasteiger partial charge in [-0.05, 0) is 39.0 Å². The highest BCUT2D eigenvalue weighted by molar-refractivity contribution is 5.79. The number of ether oxygens (including phenoxy) is 3. The van der Waals surface area contributed by atoms with Crippen molar-refractivity contribution in [1.82, 2.24) is 15.5 Å². The molecule has 1 aromatic carbocycles. The lowest BCUT2D eigenvalue weighted by Gasteiger charge is -2.38. The molecule has 0 saturated carbocycles. The van der Waals surface area contributed by atoms with E-state index in [0.717, 1.165) is 19.8 Å². The summed E-state index contributed by atoms with van der Waals surface area (Å²) in [6.45, 7) is 7.34. The Bertz CT molecular complexity index is 661. The molecule has 2 atom stereocenters. The van der Waals surface area contributed by atoms with E-state index in [1.54, 1.807) is 12.1 Å². The summed E-state index contributed by atoms with van der Waals surface area (Å²) in [5.41, 5.74) is 0.525. The first-order valence-electron chi connectivity index (χ1n) is 9.92. The van der Waals surface area contributed by atoms with Gasteiger partial charge in [0, 0.05) is 37.3 Å². The lowest BCUT2D eigenvalue weighted by Crippen LogP contribution is -2.53. The van der Waals surface area contributed by atoms with Crippen LogP contribution in [-0.4, -0.2) is 69.5 Å². The third kappa shape index (κ3) is 7.32. The first kappa shape index (κ1) is 23.2. The minimum Gasteiger partial charge on any atom is -0.497 e. The number of morpholine rings is 1. The van der Waals surface area contributed by atoms with Crippen LogP contribution in [0.3, 0.4) is 0 Å². The molecule has 0 aliphatic carbocycles. The zero-order valence-electron chi connectivity index (χ0n) is 17.6. The molecule has 1 aliphatic heterocycles.